The highest BCUT2D eigenvalue weighted by Gasteiger charge is 2.43. The molecule has 0 amide bonds. The van der Waals surface area contributed by atoms with Crippen LogP contribution >= 0.6 is 0 Å². The van der Waals surface area contributed by atoms with Crippen molar-refractivity contribution in [2.75, 3.05) is 0 Å². The second kappa shape index (κ2) is 4.80. The van der Waals surface area contributed by atoms with E-state index in [2.05, 4.69) is 0 Å². The van der Waals surface area contributed by atoms with Gasteiger partial charge in [-0.05, 0) is 17.9 Å². The van der Waals surface area contributed by atoms with E-state index < -0.39 is 5.97 Å². The van der Waals surface area contributed by atoms with Crippen LogP contribution in [-0.2, 0) is 4.79 Å². The summed E-state index contributed by atoms with van der Waals surface area (Å²) >= 11 is 0. The van der Waals surface area contributed by atoms with E-state index in [9.17, 15) is 4.79 Å². The van der Waals surface area contributed by atoms with Crippen molar-refractivity contribution in [2.24, 2.45) is 5.92 Å². The maximum absolute atomic E-state index is 10.5. The maximum atomic E-state index is 10.5. The first kappa shape index (κ1) is 10.8. The predicted octanol–water partition coefficient (Wildman–Crippen LogP) is 2.90. The van der Waals surface area contributed by atoms with Crippen molar-refractivity contribution in [3.05, 3.63) is 35.9 Å². The molecule has 76 valence electrons. The van der Waals surface area contributed by atoms with Crippen molar-refractivity contribution >= 4 is 5.97 Å². The Morgan fingerprint density at radius 2 is 1.86 bits per heavy atom. The molecule has 1 aromatic rings. The average Bonchev–Trinajstić information content (AvgIpc) is 3.02. The molecule has 1 N–H and O–H groups in total. The first-order valence-electron chi connectivity index (χ1n) is 5.07. The van der Waals surface area contributed by atoms with Gasteiger partial charge in [-0.2, -0.15) is 0 Å². The van der Waals surface area contributed by atoms with E-state index >= 15 is 0 Å². The monoisotopic (exact) mass is 192 g/mol. The minimum atomic E-state index is -0.663. The van der Waals surface area contributed by atoms with E-state index in [1.54, 1.807) is 0 Å². The van der Waals surface area contributed by atoms with Gasteiger partial charge >= 0.3 is 5.97 Å². The van der Waals surface area contributed by atoms with Crippen molar-refractivity contribution in [3.63, 3.8) is 0 Å². The SMILES string of the molecule is CC.O=C(O)C1CC1c1ccccc1. The Morgan fingerprint density at radius 3 is 2.29 bits per heavy atom. The Kier molecular flexibility index (Phi) is 3.69. The van der Waals surface area contributed by atoms with Crippen LogP contribution in [0, 0.1) is 5.92 Å². The molecule has 0 saturated heterocycles. The first-order valence-corrected chi connectivity index (χ1v) is 5.07. The summed E-state index contributed by atoms with van der Waals surface area (Å²) in [5, 5.41) is 8.68. The van der Waals surface area contributed by atoms with Crippen molar-refractivity contribution in [1.82, 2.24) is 0 Å². The van der Waals surface area contributed by atoms with E-state index in [4.69, 9.17) is 5.11 Å². The largest absolute Gasteiger partial charge is 0.481 e. The fourth-order valence-electron chi connectivity index (χ4n) is 1.54. The molecular formula is C12H16O2. The molecule has 1 aliphatic carbocycles. The van der Waals surface area contributed by atoms with E-state index in [0.29, 0.717) is 0 Å². The Balaban J connectivity index is 0.000000461. The molecule has 2 unspecified atom stereocenters. The van der Waals surface area contributed by atoms with Crippen LogP contribution in [-0.4, -0.2) is 11.1 Å². The van der Waals surface area contributed by atoms with Gasteiger partial charge in [0, 0.05) is 0 Å². The van der Waals surface area contributed by atoms with Gasteiger partial charge in [-0.15, -0.1) is 0 Å². The van der Waals surface area contributed by atoms with Crippen LogP contribution in [0.3, 0.4) is 0 Å². The molecule has 0 radical (unpaired) electrons. The molecule has 1 fully saturated rings. The first-order chi connectivity index (χ1) is 6.79. The third kappa shape index (κ3) is 2.34. The van der Waals surface area contributed by atoms with Gasteiger partial charge in [0.05, 0.1) is 5.92 Å². The third-order valence-corrected chi connectivity index (χ3v) is 2.34. The lowest BCUT2D eigenvalue weighted by molar-refractivity contribution is -0.138. The smallest absolute Gasteiger partial charge is 0.307 e. The molecule has 0 spiro atoms. The summed E-state index contributed by atoms with van der Waals surface area (Å²) in [5.41, 5.74) is 1.16. The Hall–Kier alpha value is -1.31. The highest BCUT2D eigenvalue weighted by molar-refractivity contribution is 5.75. The van der Waals surface area contributed by atoms with Crippen LogP contribution in [0.25, 0.3) is 0 Å². The number of rotatable bonds is 2. The van der Waals surface area contributed by atoms with E-state index in [1.165, 1.54) is 0 Å². The van der Waals surface area contributed by atoms with Gasteiger partial charge in [-0.1, -0.05) is 44.2 Å². The molecule has 2 rings (SSSR count). The van der Waals surface area contributed by atoms with Crippen LogP contribution in [0.15, 0.2) is 30.3 Å². The number of hydrogen-bond donors (Lipinski definition) is 1. The fourth-order valence-corrected chi connectivity index (χ4v) is 1.54. The molecule has 1 aliphatic rings. The molecular weight excluding hydrogens is 176 g/mol. The molecule has 0 aliphatic heterocycles. The summed E-state index contributed by atoms with van der Waals surface area (Å²) in [6, 6.07) is 9.84. The number of aliphatic carboxylic acids is 1. The number of hydrogen-bond acceptors (Lipinski definition) is 1. The summed E-state index contributed by atoms with van der Waals surface area (Å²) in [6.45, 7) is 4.00. The van der Waals surface area contributed by atoms with E-state index in [-0.39, 0.29) is 11.8 Å². The normalized spacial score (nSPS) is 23.3. The number of carboxylic acid groups (broad SMARTS) is 1. The Labute approximate surface area is 84.6 Å². The third-order valence-electron chi connectivity index (χ3n) is 2.34. The molecule has 1 aromatic carbocycles. The number of benzene rings is 1. The zero-order chi connectivity index (χ0) is 10.6. The van der Waals surface area contributed by atoms with Gasteiger partial charge in [0.15, 0.2) is 0 Å². The minimum absolute atomic E-state index is 0.132. The second-order valence-electron chi connectivity index (χ2n) is 3.20. The van der Waals surface area contributed by atoms with Crippen LogP contribution in [0.2, 0.25) is 0 Å². The fraction of sp³-hybridized carbons (Fsp3) is 0.417. The topological polar surface area (TPSA) is 37.3 Å². The summed E-state index contributed by atoms with van der Waals surface area (Å²) in [7, 11) is 0. The molecule has 2 nitrogen and oxygen atoms in total. The van der Waals surface area contributed by atoms with E-state index in [0.717, 1.165) is 12.0 Å². The number of carboxylic acids is 1. The molecule has 0 bridgehead atoms. The average molecular weight is 192 g/mol. The standard InChI is InChI=1S/C10H10O2.C2H6/c11-10(12)9-6-8(9)7-4-2-1-3-5-7;1-2/h1-5,8-9H,6H2,(H,11,12);1-2H3. The molecule has 2 heteroatoms. The van der Waals surface area contributed by atoms with Crippen LogP contribution in [0.5, 0.6) is 0 Å². The number of carbonyl (C=O) groups is 1. The summed E-state index contributed by atoms with van der Waals surface area (Å²) in [6.07, 6.45) is 0.805. The Bertz CT molecular complexity index is 292. The summed E-state index contributed by atoms with van der Waals surface area (Å²) in [5.74, 6) is -0.528. The minimum Gasteiger partial charge on any atom is -0.481 e. The van der Waals surface area contributed by atoms with Gasteiger partial charge in [-0.3, -0.25) is 4.79 Å². The van der Waals surface area contributed by atoms with Gasteiger partial charge in [-0.25, -0.2) is 0 Å². The van der Waals surface area contributed by atoms with Gasteiger partial charge in [0.2, 0.25) is 0 Å². The highest BCUT2D eigenvalue weighted by Crippen LogP contribution is 2.47. The van der Waals surface area contributed by atoms with Crippen LogP contribution in [0.1, 0.15) is 31.7 Å². The summed E-state index contributed by atoms with van der Waals surface area (Å²) < 4.78 is 0. The van der Waals surface area contributed by atoms with Crippen molar-refractivity contribution < 1.29 is 9.90 Å². The molecule has 2 atom stereocenters. The lowest BCUT2D eigenvalue weighted by atomic mass is 10.1. The van der Waals surface area contributed by atoms with Gasteiger partial charge < -0.3 is 5.11 Å². The lowest BCUT2D eigenvalue weighted by Crippen LogP contribution is -1.98. The molecule has 14 heavy (non-hydrogen) atoms. The van der Waals surface area contributed by atoms with E-state index in [1.807, 2.05) is 44.2 Å². The van der Waals surface area contributed by atoms with Gasteiger partial charge in [0.1, 0.15) is 0 Å². The van der Waals surface area contributed by atoms with Crippen molar-refractivity contribution in [2.45, 2.75) is 26.2 Å². The molecule has 1 saturated carbocycles. The quantitative estimate of drug-likeness (QED) is 0.782. The molecule has 0 heterocycles. The highest BCUT2D eigenvalue weighted by atomic mass is 16.4. The molecule has 0 aromatic heterocycles. The summed E-state index contributed by atoms with van der Waals surface area (Å²) in [4.78, 5) is 10.5. The van der Waals surface area contributed by atoms with Crippen LogP contribution < -0.4 is 0 Å². The zero-order valence-corrected chi connectivity index (χ0v) is 8.60. The second-order valence-corrected chi connectivity index (χ2v) is 3.20. The van der Waals surface area contributed by atoms with Crippen LogP contribution in [0.4, 0.5) is 0 Å². The van der Waals surface area contributed by atoms with Crippen molar-refractivity contribution in [3.8, 4) is 0 Å². The maximum Gasteiger partial charge on any atom is 0.307 e. The van der Waals surface area contributed by atoms with Gasteiger partial charge in [0.25, 0.3) is 0 Å². The predicted molar refractivity (Wildman–Crippen MR) is 56.3 cm³/mol. The van der Waals surface area contributed by atoms with Crippen molar-refractivity contribution in [1.29, 1.82) is 0 Å². The lowest BCUT2D eigenvalue weighted by Gasteiger charge is -1.95. The Morgan fingerprint density at radius 1 is 1.29 bits per heavy atom. The zero-order valence-electron chi connectivity index (χ0n) is 8.60.